The molecule has 0 amide bonds. The number of hydrogen-bond acceptors (Lipinski definition) is 7. The van der Waals surface area contributed by atoms with Crippen molar-refractivity contribution < 1.29 is 19.0 Å². The molecule has 0 aromatic carbocycles. The fourth-order valence-corrected chi connectivity index (χ4v) is 1.26. The first-order valence-electron chi connectivity index (χ1n) is 4.15. The van der Waals surface area contributed by atoms with Crippen LogP contribution in [0.25, 0.3) is 0 Å². The van der Waals surface area contributed by atoms with Crippen LogP contribution < -0.4 is 0 Å². The molecule has 1 atom stereocenters. The summed E-state index contributed by atoms with van der Waals surface area (Å²) in [7, 11) is 3.56. The van der Waals surface area contributed by atoms with E-state index < -0.39 is 11.1 Å². The van der Waals surface area contributed by atoms with Crippen LogP contribution in [0.15, 0.2) is 10.7 Å². The molecule has 0 N–H and O–H groups in total. The van der Waals surface area contributed by atoms with Crippen molar-refractivity contribution in [3.8, 4) is 0 Å². The number of carbonyl (C=O) groups excluding carboxylic acids is 1. The zero-order valence-electron chi connectivity index (χ0n) is 8.64. The highest BCUT2D eigenvalue weighted by atomic mass is 31.1. The lowest BCUT2D eigenvalue weighted by molar-refractivity contribution is -0.396. The van der Waals surface area contributed by atoms with Gasteiger partial charge in [0, 0.05) is 0 Å². The van der Waals surface area contributed by atoms with Crippen LogP contribution >= 0.6 is 18.0 Å². The summed E-state index contributed by atoms with van der Waals surface area (Å²) in [5, 5.41) is 10.5. The molecule has 1 aromatic rings. The Morgan fingerprint density at radius 3 is 3.06 bits per heavy atom. The summed E-state index contributed by atoms with van der Waals surface area (Å²) in [6.07, 6.45) is 0.338. The van der Waals surface area contributed by atoms with E-state index in [4.69, 9.17) is 0 Å². The second-order valence-corrected chi connectivity index (χ2v) is 3.96. The van der Waals surface area contributed by atoms with E-state index in [0.717, 1.165) is 0 Å². The number of carbonyl (C=O) groups is 1. The summed E-state index contributed by atoms with van der Waals surface area (Å²) >= 11 is 0. The van der Waals surface area contributed by atoms with Crippen LogP contribution in [0.4, 0.5) is 10.7 Å². The maximum absolute atomic E-state index is 10.9. The van der Waals surface area contributed by atoms with Gasteiger partial charge in [0.25, 0.3) is 8.60 Å². The molecule has 0 saturated carbocycles. The number of hydrogen-bond donors (Lipinski definition) is 0. The fraction of sp³-hybridized carbons (Fsp3) is 0.333. The van der Waals surface area contributed by atoms with Crippen molar-refractivity contribution in [2.75, 3.05) is 0 Å². The molecule has 0 bridgehead atoms. The van der Waals surface area contributed by atoms with E-state index in [0.29, 0.717) is 5.69 Å². The zero-order valence-corrected chi connectivity index (χ0v) is 10.7. The Balaban J connectivity index is 2.58. The molecule has 0 radical (unpaired) electrons. The molecule has 0 spiro atoms. The number of aromatic nitrogens is 2. The summed E-state index contributed by atoms with van der Waals surface area (Å²) < 4.78 is 13.8. The van der Waals surface area contributed by atoms with Crippen molar-refractivity contribution >= 4 is 30.1 Å². The number of rotatable bonds is 4. The molecular formula is C6H8N4O5P2. The largest absolute Gasteiger partial charge is 0.518 e. The van der Waals surface area contributed by atoms with Gasteiger partial charge in [-0.2, -0.15) is 0 Å². The van der Waals surface area contributed by atoms with Crippen molar-refractivity contribution in [1.29, 1.82) is 0 Å². The van der Waals surface area contributed by atoms with Gasteiger partial charge in [-0.25, -0.2) is 13.9 Å². The van der Waals surface area contributed by atoms with Gasteiger partial charge < -0.3 is 19.4 Å². The van der Waals surface area contributed by atoms with E-state index >= 15 is 0 Å². The Morgan fingerprint density at radius 2 is 2.53 bits per heavy atom. The third-order valence-electron chi connectivity index (χ3n) is 1.72. The molecule has 11 heteroatoms. The van der Waals surface area contributed by atoms with Gasteiger partial charge in [-0.3, -0.25) is 0 Å². The van der Waals surface area contributed by atoms with E-state index in [1.54, 1.807) is 0 Å². The topological polar surface area (TPSA) is 109 Å². The lowest BCUT2D eigenvalue weighted by Crippen LogP contribution is -2.06. The summed E-state index contributed by atoms with van der Waals surface area (Å²) in [6, 6.07) is 0. The van der Waals surface area contributed by atoms with Crippen LogP contribution in [0.1, 0.15) is 5.69 Å². The lowest BCUT2D eigenvalue weighted by atomic mass is 10.5. The van der Waals surface area contributed by atoms with E-state index in [-0.39, 0.29) is 21.2 Å². The molecule has 0 aliphatic heterocycles. The number of nitro groups is 1. The standard InChI is InChI=1S/C6H8N4O5P2/c1-9-4(2-7-5(9)10(12)13)3-14-6(11)15-17-8-16/h2H,3,16H2,1H3. The van der Waals surface area contributed by atoms with Gasteiger partial charge in [-0.1, -0.05) is 4.98 Å². The third-order valence-corrected chi connectivity index (χ3v) is 2.33. The van der Waals surface area contributed by atoms with Gasteiger partial charge in [0.1, 0.15) is 6.20 Å². The average molecular weight is 278 g/mol. The monoisotopic (exact) mass is 278 g/mol. The van der Waals surface area contributed by atoms with Crippen LogP contribution in [0.2, 0.25) is 0 Å². The second kappa shape index (κ2) is 6.22. The van der Waals surface area contributed by atoms with Gasteiger partial charge in [-0.15, -0.1) is 0 Å². The molecule has 0 aliphatic rings. The number of nitrogens with zero attached hydrogens (tertiary/aromatic N) is 4. The summed E-state index contributed by atoms with van der Waals surface area (Å²) in [4.78, 5) is 24.4. The van der Waals surface area contributed by atoms with Crippen molar-refractivity contribution in [2.24, 2.45) is 11.6 Å². The first-order valence-corrected chi connectivity index (χ1v) is 5.43. The molecule has 92 valence electrons. The molecular weight excluding hydrogens is 270 g/mol. The van der Waals surface area contributed by atoms with Gasteiger partial charge >= 0.3 is 12.1 Å². The van der Waals surface area contributed by atoms with Crippen molar-refractivity contribution in [1.82, 2.24) is 9.55 Å². The van der Waals surface area contributed by atoms with Crippen LogP contribution in [0.3, 0.4) is 0 Å². The summed E-state index contributed by atoms with van der Waals surface area (Å²) in [5.74, 6) is -0.324. The van der Waals surface area contributed by atoms with E-state index in [1.807, 2.05) is 9.39 Å². The molecule has 1 unspecified atom stereocenters. The number of ether oxygens (including phenoxy) is 1. The summed E-state index contributed by atoms with van der Waals surface area (Å²) in [6.45, 7) is -0.164. The lowest BCUT2D eigenvalue weighted by Gasteiger charge is -2.00. The average Bonchev–Trinajstić information content (AvgIpc) is 2.65. The predicted molar refractivity (Wildman–Crippen MR) is 60.2 cm³/mol. The van der Waals surface area contributed by atoms with Crippen molar-refractivity contribution in [3.05, 3.63) is 22.0 Å². The normalized spacial score (nSPS) is 10.5. The Bertz CT molecular complexity index is 459. The highest BCUT2D eigenvalue weighted by Crippen LogP contribution is 2.13. The minimum Gasteiger partial charge on any atom is -0.426 e. The van der Waals surface area contributed by atoms with Crippen molar-refractivity contribution in [3.63, 3.8) is 0 Å². The molecule has 0 fully saturated rings. The molecule has 17 heavy (non-hydrogen) atoms. The van der Waals surface area contributed by atoms with Crippen LogP contribution in [0.5, 0.6) is 0 Å². The van der Waals surface area contributed by atoms with E-state index in [2.05, 4.69) is 18.8 Å². The minimum absolute atomic E-state index is 0.0962. The Hall–Kier alpha value is -1.59. The molecule has 1 heterocycles. The predicted octanol–water partition coefficient (Wildman–Crippen LogP) is 1.82. The van der Waals surface area contributed by atoms with Gasteiger partial charge in [-0.05, 0) is 14.3 Å². The van der Waals surface area contributed by atoms with Crippen LogP contribution in [-0.2, 0) is 22.9 Å². The van der Waals surface area contributed by atoms with Crippen LogP contribution in [-0.4, -0.2) is 20.6 Å². The minimum atomic E-state index is -0.915. The van der Waals surface area contributed by atoms with Crippen LogP contribution in [0, 0.1) is 10.1 Å². The Labute approximate surface area is 99.5 Å². The third kappa shape index (κ3) is 3.72. The molecule has 9 nitrogen and oxygen atoms in total. The maximum Gasteiger partial charge on any atom is 0.518 e. The molecule has 0 aliphatic carbocycles. The Kier molecular flexibility index (Phi) is 4.93. The smallest absolute Gasteiger partial charge is 0.426 e. The molecule has 0 saturated heterocycles. The molecule has 1 rings (SSSR count). The first-order chi connectivity index (χ1) is 8.06. The van der Waals surface area contributed by atoms with Gasteiger partial charge in [0.15, 0.2) is 12.3 Å². The highest BCUT2D eigenvalue weighted by molar-refractivity contribution is 7.31. The van der Waals surface area contributed by atoms with E-state index in [9.17, 15) is 14.9 Å². The van der Waals surface area contributed by atoms with E-state index in [1.165, 1.54) is 17.8 Å². The highest BCUT2D eigenvalue weighted by Gasteiger charge is 2.18. The number of imidazole rings is 1. The van der Waals surface area contributed by atoms with Gasteiger partial charge in [0.2, 0.25) is 0 Å². The SMILES string of the molecule is Cn1c(COC(=O)O/P=N/P)cnc1[N+](=O)[O-]. The maximum atomic E-state index is 10.9. The van der Waals surface area contributed by atoms with Gasteiger partial charge in [0.05, 0.1) is 7.05 Å². The van der Waals surface area contributed by atoms with Crippen molar-refractivity contribution in [2.45, 2.75) is 6.61 Å². The first kappa shape index (κ1) is 13.5. The molecule has 1 aromatic heterocycles. The summed E-state index contributed by atoms with van der Waals surface area (Å²) in [5.41, 5.74) is 0.383. The fourth-order valence-electron chi connectivity index (χ4n) is 0.954. The Morgan fingerprint density at radius 1 is 1.82 bits per heavy atom. The quantitative estimate of drug-likeness (QED) is 0.359. The second-order valence-electron chi connectivity index (χ2n) is 2.69. The zero-order chi connectivity index (χ0) is 12.8.